The number of amides is 1. The van der Waals surface area contributed by atoms with E-state index in [2.05, 4.69) is 64.2 Å². The SMILES string of the molecule is CC[NH+](CC)CCCNC(=O)C[C@@H](c1ccc(C)cc1)[C@H]1CCOC(C)(C)C1. The molecule has 2 N–H and O–H groups in total. The van der Waals surface area contributed by atoms with Gasteiger partial charge in [0, 0.05) is 26.0 Å². The van der Waals surface area contributed by atoms with Gasteiger partial charge in [-0.2, -0.15) is 0 Å². The topological polar surface area (TPSA) is 42.8 Å². The van der Waals surface area contributed by atoms with Crippen LogP contribution >= 0.6 is 0 Å². The van der Waals surface area contributed by atoms with Gasteiger partial charge in [-0.25, -0.2) is 0 Å². The third-order valence-electron chi connectivity index (χ3n) is 6.24. The van der Waals surface area contributed by atoms with E-state index in [9.17, 15) is 4.79 Å². The summed E-state index contributed by atoms with van der Waals surface area (Å²) < 4.78 is 5.93. The van der Waals surface area contributed by atoms with Crippen LogP contribution in [0.15, 0.2) is 24.3 Å². The monoisotopic (exact) mass is 389 g/mol. The third kappa shape index (κ3) is 7.21. The molecular formula is C24H41N2O2+. The molecule has 1 heterocycles. The number of ether oxygens (including phenoxy) is 1. The Morgan fingerprint density at radius 1 is 1.25 bits per heavy atom. The van der Waals surface area contributed by atoms with Crippen LogP contribution in [0.4, 0.5) is 0 Å². The molecule has 28 heavy (non-hydrogen) atoms. The minimum absolute atomic E-state index is 0.102. The maximum atomic E-state index is 12.7. The van der Waals surface area contributed by atoms with Gasteiger partial charge in [0.25, 0.3) is 0 Å². The van der Waals surface area contributed by atoms with Crippen molar-refractivity contribution in [3.8, 4) is 0 Å². The van der Waals surface area contributed by atoms with Gasteiger partial charge in [0.2, 0.25) is 5.91 Å². The van der Waals surface area contributed by atoms with E-state index < -0.39 is 0 Å². The normalized spacial score (nSPS) is 20.1. The zero-order valence-corrected chi connectivity index (χ0v) is 18.6. The zero-order chi connectivity index (χ0) is 20.6. The van der Waals surface area contributed by atoms with Gasteiger partial charge in [-0.3, -0.25) is 4.79 Å². The molecule has 1 amide bonds. The van der Waals surface area contributed by atoms with E-state index in [1.807, 2.05) is 0 Å². The molecule has 1 fully saturated rings. The first-order valence-corrected chi connectivity index (χ1v) is 11.2. The molecule has 0 saturated carbocycles. The van der Waals surface area contributed by atoms with Gasteiger partial charge in [-0.15, -0.1) is 0 Å². The summed E-state index contributed by atoms with van der Waals surface area (Å²) in [6.07, 6.45) is 3.65. The predicted octanol–water partition coefficient (Wildman–Crippen LogP) is 3.10. The Morgan fingerprint density at radius 2 is 1.93 bits per heavy atom. The van der Waals surface area contributed by atoms with Crippen LogP contribution in [0, 0.1) is 12.8 Å². The van der Waals surface area contributed by atoms with E-state index in [1.165, 1.54) is 11.1 Å². The molecule has 1 saturated heterocycles. The number of hydrogen-bond acceptors (Lipinski definition) is 2. The largest absolute Gasteiger partial charge is 0.376 e. The van der Waals surface area contributed by atoms with E-state index in [1.54, 1.807) is 4.90 Å². The lowest BCUT2D eigenvalue weighted by Gasteiger charge is -2.39. The summed E-state index contributed by atoms with van der Waals surface area (Å²) in [7, 11) is 0. The van der Waals surface area contributed by atoms with E-state index >= 15 is 0 Å². The maximum absolute atomic E-state index is 12.7. The summed E-state index contributed by atoms with van der Waals surface area (Å²) in [5.74, 6) is 0.930. The fourth-order valence-corrected chi connectivity index (χ4v) is 4.43. The van der Waals surface area contributed by atoms with E-state index in [0.29, 0.717) is 12.3 Å². The van der Waals surface area contributed by atoms with Crippen molar-refractivity contribution in [1.82, 2.24) is 5.32 Å². The van der Waals surface area contributed by atoms with Crippen molar-refractivity contribution >= 4 is 5.91 Å². The lowest BCUT2D eigenvalue weighted by molar-refractivity contribution is -0.896. The molecule has 2 rings (SSSR count). The fourth-order valence-electron chi connectivity index (χ4n) is 4.43. The van der Waals surface area contributed by atoms with Crippen LogP contribution in [0.25, 0.3) is 0 Å². The minimum atomic E-state index is -0.102. The fraction of sp³-hybridized carbons (Fsp3) is 0.708. The van der Waals surface area contributed by atoms with Gasteiger partial charge in [0.1, 0.15) is 0 Å². The maximum Gasteiger partial charge on any atom is 0.220 e. The number of hydrogen-bond donors (Lipinski definition) is 2. The number of carbonyl (C=O) groups excluding carboxylic acids is 1. The van der Waals surface area contributed by atoms with Gasteiger partial charge < -0.3 is 15.0 Å². The summed E-state index contributed by atoms with van der Waals surface area (Å²) in [5.41, 5.74) is 2.45. The van der Waals surface area contributed by atoms with E-state index in [0.717, 1.165) is 52.0 Å². The van der Waals surface area contributed by atoms with Crippen molar-refractivity contribution in [1.29, 1.82) is 0 Å². The van der Waals surface area contributed by atoms with Crippen molar-refractivity contribution < 1.29 is 14.4 Å². The van der Waals surface area contributed by atoms with Gasteiger partial charge in [0.05, 0.1) is 25.2 Å². The number of rotatable bonds is 10. The molecule has 0 aromatic heterocycles. The highest BCUT2D eigenvalue weighted by Gasteiger charge is 2.35. The number of nitrogens with one attached hydrogen (secondary N) is 2. The molecule has 4 heteroatoms. The summed E-state index contributed by atoms with van der Waals surface area (Å²) >= 11 is 0. The average Bonchev–Trinajstić information content (AvgIpc) is 2.66. The predicted molar refractivity (Wildman–Crippen MR) is 116 cm³/mol. The first kappa shape index (κ1) is 22.9. The second-order valence-corrected chi connectivity index (χ2v) is 8.99. The van der Waals surface area contributed by atoms with Crippen LogP contribution in [0.5, 0.6) is 0 Å². The van der Waals surface area contributed by atoms with Crippen LogP contribution in [0.3, 0.4) is 0 Å². The molecule has 1 aromatic rings. The summed E-state index contributed by atoms with van der Waals surface area (Å²) in [5, 5.41) is 3.17. The Bertz CT molecular complexity index is 593. The number of carbonyl (C=O) groups is 1. The van der Waals surface area contributed by atoms with Crippen LogP contribution in [-0.2, 0) is 9.53 Å². The van der Waals surface area contributed by atoms with Gasteiger partial charge >= 0.3 is 0 Å². The molecular weight excluding hydrogens is 348 g/mol. The van der Waals surface area contributed by atoms with Crippen molar-refractivity contribution in [2.45, 2.75) is 71.8 Å². The Balaban J connectivity index is 1.97. The first-order chi connectivity index (χ1) is 13.3. The Morgan fingerprint density at radius 3 is 2.54 bits per heavy atom. The van der Waals surface area contributed by atoms with Gasteiger partial charge in [0.15, 0.2) is 0 Å². The molecule has 1 aliphatic rings. The highest BCUT2D eigenvalue weighted by molar-refractivity contribution is 5.76. The number of benzene rings is 1. The van der Waals surface area contributed by atoms with Crippen molar-refractivity contribution in [2.75, 3.05) is 32.8 Å². The number of aryl methyl sites for hydroxylation is 1. The Labute approximate surface area is 172 Å². The second kappa shape index (κ2) is 11.0. The minimum Gasteiger partial charge on any atom is -0.376 e. The molecule has 4 nitrogen and oxygen atoms in total. The van der Waals surface area contributed by atoms with E-state index in [-0.39, 0.29) is 17.4 Å². The highest BCUT2D eigenvalue weighted by atomic mass is 16.5. The number of quaternary nitrogens is 1. The van der Waals surface area contributed by atoms with E-state index in [4.69, 9.17) is 4.74 Å². The molecule has 0 spiro atoms. The Hall–Kier alpha value is -1.39. The quantitative estimate of drug-likeness (QED) is 0.604. The van der Waals surface area contributed by atoms with Crippen molar-refractivity contribution in [3.05, 3.63) is 35.4 Å². The van der Waals surface area contributed by atoms with Crippen molar-refractivity contribution in [3.63, 3.8) is 0 Å². The van der Waals surface area contributed by atoms with Crippen LogP contribution < -0.4 is 10.2 Å². The smallest absolute Gasteiger partial charge is 0.220 e. The van der Waals surface area contributed by atoms with Gasteiger partial charge in [-0.05, 0) is 64.9 Å². The summed E-state index contributed by atoms with van der Waals surface area (Å²) in [6.45, 7) is 15.9. The molecule has 1 aromatic carbocycles. The highest BCUT2D eigenvalue weighted by Crippen LogP contribution is 2.40. The summed E-state index contributed by atoms with van der Waals surface area (Å²) in [6, 6.07) is 8.74. The molecule has 2 atom stereocenters. The second-order valence-electron chi connectivity index (χ2n) is 8.99. The third-order valence-corrected chi connectivity index (χ3v) is 6.24. The van der Waals surface area contributed by atoms with Crippen LogP contribution in [0.2, 0.25) is 0 Å². The molecule has 0 unspecified atom stereocenters. The molecule has 0 bridgehead atoms. The van der Waals surface area contributed by atoms with Crippen LogP contribution in [-0.4, -0.2) is 44.3 Å². The molecule has 0 aliphatic carbocycles. The average molecular weight is 390 g/mol. The summed E-state index contributed by atoms with van der Waals surface area (Å²) in [4.78, 5) is 14.3. The molecule has 1 aliphatic heterocycles. The van der Waals surface area contributed by atoms with Crippen LogP contribution in [0.1, 0.15) is 70.4 Å². The standard InChI is InChI=1S/C24H40N2O2/c1-6-26(7-2)15-8-14-25-23(27)17-22(20-11-9-19(3)10-12-20)21-13-16-28-24(4,5)18-21/h9-12,21-22H,6-8,13-18H2,1-5H3,(H,25,27)/p+1/t21-,22-/m0/s1. The lowest BCUT2D eigenvalue weighted by atomic mass is 9.75. The lowest BCUT2D eigenvalue weighted by Crippen LogP contribution is -3.11. The first-order valence-electron chi connectivity index (χ1n) is 11.2. The molecule has 0 radical (unpaired) electrons. The van der Waals surface area contributed by atoms with Crippen molar-refractivity contribution in [2.24, 2.45) is 5.92 Å². The molecule has 158 valence electrons. The zero-order valence-electron chi connectivity index (χ0n) is 18.6. The van der Waals surface area contributed by atoms with Gasteiger partial charge in [-0.1, -0.05) is 29.8 Å². The Kier molecular flexibility index (Phi) is 8.97.